The van der Waals surface area contributed by atoms with Crippen molar-refractivity contribution in [3.8, 4) is 0 Å². The van der Waals surface area contributed by atoms with E-state index in [4.69, 9.17) is 29.6 Å². The summed E-state index contributed by atoms with van der Waals surface area (Å²) >= 11 is 0. The van der Waals surface area contributed by atoms with E-state index in [-0.39, 0.29) is 49.8 Å². The zero-order valence-corrected chi connectivity index (χ0v) is 23.8. The van der Waals surface area contributed by atoms with Gasteiger partial charge in [-0.2, -0.15) is 0 Å². The van der Waals surface area contributed by atoms with Gasteiger partial charge in [0.05, 0.1) is 38.1 Å². The Morgan fingerprint density at radius 3 is 1.55 bits per heavy atom. The molecule has 224 valence electrons. The number of nitrogens with two attached hydrogens (primary N) is 2. The lowest BCUT2D eigenvalue weighted by atomic mass is 10.1. The maximum atomic E-state index is 13.1. The molecule has 0 amide bonds. The lowest BCUT2D eigenvalue weighted by Crippen LogP contribution is -2.26. The first kappa shape index (κ1) is 27.7. The van der Waals surface area contributed by atoms with E-state index in [2.05, 4.69) is 29.9 Å². The molecule has 0 radical (unpaired) electrons. The molecule has 3 fully saturated rings. The fourth-order valence-electron chi connectivity index (χ4n) is 6.24. The molecule has 1 aliphatic heterocycles. The Kier molecular flexibility index (Phi) is 6.79. The van der Waals surface area contributed by atoms with Crippen LogP contribution < -0.4 is 11.5 Å². The monoisotopic (exact) mass is 622 g/mol. The van der Waals surface area contributed by atoms with Crippen molar-refractivity contribution in [3.05, 3.63) is 25.3 Å². The molecule has 5 heterocycles. The topological polar surface area (TPSA) is 251 Å². The molecule has 18 nitrogen and oxygen atoms in total. The lowest BCUT2D eigenvalue weighted by molar-refractivity contribution is 0.0171. The number of nitrogen functional groups attached to an aromatic ring is 2. The van der Waals surface area contributed by atoms with Gasteiger partial charge in [-0.3, -0.25) is 18.1 Å². The molecule has 0 bridgehead atoms. The van der Waals surface area contributed by atoms with Gasteiger partial charge in [0, 0.05) is 23.9 Å². The number of anilines is 2. The van der Waals surface area contributed by atoms with Crippen molar-refractivity contribution in [2.24, 2.45) is 11.8 Å². The first-order valence-corrected chi connectivity index (χ1v) is 16.2. The third-order valence-electron chi connectivity index (χ3n) is 8.21. The third kappa shape index (κ3) is 5.07. The van der Waals surface area contributed by atoms with E-state index in [0.717, 1.165) is 0 Å². The van der Waals surface area contributed by atoms with Crippen molar-refractivity contribution >= 4 is 49.6 Å². The molecule has 6 N–H and O–H groups in total. The van der Waals surface area contributed by atoms with Crippen LogP contribution >= 0.6 is 15.6 Å². The zero-order valence-electron chi connectivity index (χ0n) is 22.0. The van der Waals surface area contributed by atoms with Gasteiger partial charge >= 0.3 is 15.6 Å². The molecule has 2 saturated carbocycles. The van der Waals surface area contributed by atoms with Gasteiger partial charge < -0.3 is 30.4 Å². The molecule has 0 spiro atoms. The number of hydrogen-bond donors (Lipinski definition) is 4. The van der Waals surface area contributed by atoms with Crippen molar-refractivity contribution in [1.29, 1.82) is 0 Å². The number of phosphoric ester groups is 2. The minimum absolute atomic E-state index is 0.223. The van der Waals surface area contributed by atoms with Crippen LogP contribution in [-0.2, 0) is 27.2 Å². The van der Waals surface area contributed by atoms with Crippen LogP contribution in [-0.4, -0.2) is 74.2 Å². The minimum Gasteiger partial charge on any atom is -0.382 e. The Balaban J connectivity index is 1.12. The Morgan fingerprint density at radius 1 is 0.690 bits per heavy atom. The highest BCUT2D eigenvalue weighted by Gasteiger charge is 2.46. The summed E-state index contributed by atoms with van der Waals surface area (Å²) in [6.45, 7) is -0.524. The molecule has 2 aliphatic carbocycles. The summed E-state index contributed by atoms with van der Waals surface area (Å²) in [6, 6.07) is -0.565. The van der Waals surface area contributed by atoms with E-state index in [1.54, 1.807) is 21.8 Å². The first-order chi connectivity index (χ1) is 20.1. The summed E-state index contributed by atoms with van der Waals surface area (Å²) in [4.78, 5) is 46.4. The van der Waals surface area contributed by atoms with Crippen LogP contribution in [0.4, 0.5) is 11.6 Å². The molecule has 3 aliphatic rings. The van der Waals surface area contributed by atoms with E-state index in [1.807, 2.05) is 0 Å². The van der Waals surface area contributed by atoms with Crippen LogP contribution in [0.1, 0.15) is 37.8 Å². The van der Waals surface area contributed by atoms with Crippen LogP contribution in [0, 0.1) is 11.8 Å². The molecule has 8 atom stereocenters. The predicted octanol–water partition coefficient (Wildman–Crippen LogP) is 1.75. The van der Waals surface area contributed by atoms with Crippen LogP contribution in [0.2, 0.25) is 0 Å². The van der Waals surface area contributed by atoms with Gasteiger partial charge in [0.25, 0.3) is 0 Å². The van der Waals surface area contributed by atoms with E-state index < -0.39 is 39.7 Å². The predicted molar refractivity (Wildman–Crippen MR) is 144 cm³/mol. The lowest BCUT2D eigenvalue weighted by Gasteiger charge is -2.27. The Morgan fingerprint density at radius 2 is 1.12 bits per heavy atom. The summed E-state index contributed by atoms with van der Waals surface area (Å²) in [6.07, 6.45) is 5.36. The quantitative estimate of drug-likeness (QED) is 0.232. The maximum Gasteiger partial charge on any atom is 0.472 e. The van der Waals surface area contributed by atoms with Gasteiger partial charge in [0.1, 0.15) is 23.7 Å². The SMILES string of the molecule is Nc1ncnc2c1ncn2[C@H]1CC2OP(=O)(O)OC[C@H]3C[C@@H](n4cnc5c(N)ncnc54)CC3OP(=O)(O)OC[C@H]2C1. The number of nitrogens with zero attached hydrogens (tertiary/aromatic N) is 8. The Labute approximate surface area is 237 Å². The van der Waals surface area contributed by atoms with Gasteiger partial charge in [0.15, 0.2) is 22.9 Å². The Bertz CT molecular complexity index is 1620. The second kappa shape index (κ2) is 10.3. The van der Waals surface area contributed by atoms with E-state index >= 15 is 0 Å². The highest BCUT2D eigenvalue weighted by atomic mass is 31.2. The fraction of sp³-hybridized carbons (Fsp3) is 0.545. The number of phosphoric acid groups is 2. The summed E-state index contributed by atoms with van der Waals surface area (Å²) < 4.78 is 52.0. The Hall–Kier alpha value is -3.08. The average Bonchev–Trinajstić information content (AvgIpc) is 3.71. The number of aromatic nitrogens is 8. The highest BCUT2D eigenvalue weighted by molar-refractivity contribution is 7.47. The standard InChI is InChI=1S/C22H28N10O8P2/c23-19-17-21(27-7-25-19)31(9-29-17)13-1-11-5-37-41(33,34)40-16-4-14(32-10-30-18-20(24)26-8-28-22(18)32)2-12(16)6-38-42(35,36)39-15(11)3-13/h7-16H,1-6H2,(H,33,34)(H,35,36)(H2,23,25,27)(H2,24,26,28)/t11-,12-,13-,14-,15?,16?/m1/s1. The molecule has 1 saturated heterocycles. The van der Waals surface area contributed by atoms with Crippen molar-refractivity contribution in [3.63, 3.8) is 0 Å². The van der Waals surface area contributed by atoms with Gasteiger partial charge in [0.2, 0.25) is 0 Å². The van der Waals surface area contributed by atoms with Crippen LogP contribution in [0.3, 0.4) is 0 Å². The number of hydrogen-bond acceptors (Lipinski definition) is 14. The number of fused-ring (bicyclic) bond motifs is 4. The van der Waals surface area contributed by atoms with Crippen molar-refractivity contribution in [2.45, 2.75) is 50.0 Å². The smallest absolute Gasteiger partial charge is 0.382 e. The average molecular weight is 622 g/mol. The highest BCUT2D eigenvalue weighted by Crippen LogP contribution is 2.56. The molecule has 0 aromatic carbocycles. The van der Waals surface area contributed by atoms with Crippen molar-refractivity contribution in [2.75, 3.05) is 24.7 Å². The van der Waals surface area contributed by atoms with Gasteiger partial charge in [-0.15, -0.1) is 0 Å². The molecule has 20 heteroatoms. The first-order valence-electron chi connectivity index (χ1n) is 13.2. The number of imidazole rings is 2. The van der Waals surface area contributed by atoms with E-state index in [9.17, 15) is 18.9 Å². The normalized spacial score (nSPS) is 36.0. The number of rotatable bonds is 2. The molecular formula is C22H28N10O8P2. The molecule has 4 unspecified atom stereocenters. The largest absolute Gasteiger partial charge is 0.472 e. The fourth-order valence-corrected chi connectivity index (χ4v) is 8.32. The van der Waals surface area contributed by atoms with E-state index in [1.165, 1.54) is 12.7 Å². The van der Waals surface area contributed by atoms with Crippen molar-refractivity contribution in [1.82, 2.24) is 39.0 Å². The molecule has 42 heavy (non-hydrogen) atoms. The van der Waals surface area contributed by atoms with Crippen LogP contribution in [0.5, 0.6) is 0 Å². The van der Waals surface area contributed by atoms with Gasteiger partial charge in [-0.25, -0.2) is 39.0 Å². The zero-order chi connectivity index (χ0) is 29.2. The summed E-state index contributed by atoms with van der Waals surface area (Å²) in [5.74, 6) is -0.649. The summed E-state index contributed by atoms with van der Waals surface area (Å²) in [7, 11) is -9.09. The third-order valence-corrected chi connectivity index (χ3v) is 10.2. The van der Waals surface area contributed by atoms with Crippen LogP contribution in [0.15, 0.2) is 25.3 Å². The second-order valence-corrected chi connectivity index (χ2v) is 13.6. The second-order valence-electron chi connectivity index (χ2n) is 10.8. The molecule has 7 rings (SSSR count). The minimum atomic E-state index is -4.54. The summed E-state index contributed by atoms with van der Waals surface area (Å²) in [5, 5.41) is 0. The van der Waals surface area contributed by atoms with Gasteiger partial charge in [-0.05, 0) is 25.7 Å². The van der Waals surface area contributed by atoms with Crippen molar-refractivity contribution < 1.29 is 37.0 Å². The van der Waals surface area contributed by atoms with Crippen LogP contribution in [0.25, 0.3) is 22.3 Å². The maximum absolute atomic E-state index is 13.1. The molecule has 4 aromatic heterocycles. The molecule has 4 aromatic rings. The van der Waals surface area contributed by atoms with Gasteiger partial charge in [-0.1, -0.05) is 0 Å². The van der Waals surface area contributed by atoms with E-state index in [0.29, 0.717) is 35.2 Å². The molecular weight excluding hydrogens is 594 g/mol. The summed E-state index contributed by atoms with van der Waals surface area (Å²) in [5.41, 5.74) is 13.7.